The third kappa shape index (κ3) is 3.14. The topological polar surface area (TPSA) is 41.1 Å². The van der Waals surface area contributed by atoms with Crippen molar-refractivity contribution in [1.82, 2.24) is 14.4 Å². The SMILES string of the molecule is CCCc1nsc(NN2CCCCC2)n1. The molecule has 0 atom stereocenters. The zero-order chi connectivity index (χ0) is 10.5. The van der Waals surface area contributed by atoms with Crippen LogP contribution in [0.1, 0.15) is 38.4 Å². The van der Waals surface area contributed by atoms with Gasteiger partial charge in [-0.1, -0.05) is 13.3 Å². The van der Waals surface area contributed by atoms with E-state index in [1.54, 1.807) is 0 Å². The van der Waals surface area contributed by atoms with Crippen molar-refractivity contribution in [3.8, 4) is 0 Å². The quantitative estimate of drug-likeness (QED) is 0.855. The summed E-state index contributed by atoms with van der Waals surface area (Å²) < 4.78 is 4.31. The molecule has 1 saturated heterocycles. The zero-order valence-electron chi connectivity index (χ0n) is 9.20. The highest BCUT2D eigenvalue weighted by atomic mass is 32.1. The van der Waals surface area contributed by atoms with Crippen molar-refractivity contribution in [2.75, 3.05) is 18.5 Å². The number of piperidine rings is 1. The van der Waals surface area contributed by atoms with Gasteiger partial charge in [-0.3, -0.25) is 5.43 Å². The first-order valence-electron chi connectivity index (χ1n) is 5.72. The highest BCUT2D eigenvalue weighted by Gasteiger charge is 2.11. The van der Waals surface area contributed by atoms with Gasteiger partial charge in [0.05, 0.1) is 0 Å². The van der Waals surface area contributed by atoms with Gasteiger partial charge in [0.25, 0.3) is 0 Å². The van der Waals surface area contributed by atoms with Crippen molar-refractivity contribution in [3.63, 3.8) is 0 Å². The largest absolute Gasteiger partial charge is 0.293 e. The maximum absolute atomic E-state index is 4.45. The van der Waals surface area contributed by atoms with E-state index >= 15 is 0 Å². The Morgan fingerprint density at radius 1 is 1.33 bits per heavy atom. The average Bonchev–Trinajstić information content (AvgIpc) is 2.68. The van der Waals surface area contributed by atoms with Crippen LogP contribution in [0.2, 0.25) is 0 Å². The minimum atomic E-state index is 0.945. The molecule has 4 nitrogen and oxygen atoms in total. The Morgan fingerprint density at radius 3 is 2.87 bits per heavy atom. The molecule has 84 valence electrons. The Kier molecular flexibility index (Phi) is 3.91. The number of hydrazine groups is 1. The summed E-state index contributed by atoms with van der Waals surface area (Å²) in [6.45, 7) is 4.41. The first kappa shape index (κ1) is 10.8. The van der Waals surface area contributed by atoms with Gasteiger partial charge in [0, 0.05) is 31.0 Å². The van der Waals surface area contributed by atoms with Crippen LogP contribution in [0.25, 0.3) is 0 Å². The number of anilines is 1. The van der Waals surface area contributed by atoms with Crippen LogP contribution in [-0.4, -0.2) is 27.5 Å². The van der Waals surface area contributed by atoms with Gasteiger partial charge in [-0.15, -0.1) is 0 Å². The van der Waals surface area contributed by atoms with E-state index in [-0.39, 0.29) is 0 Å². The van der Waals surface area contributed by atoms with Crippen molar-refractivity contribution >= 4 is 16.7 Å². The van der Waals surface area contributed by atoms with Gasteiger partial charge in [-0.05, 0) is 19.3 Å². The van der Waals surface area contributed by atoms with Crippen LogP contribution >= 0.6 is 11.5 Å². The molecule has 0 radical (unpaired) electrons. The molecule has 5 heteroatoms. The summed E-state index contributed by atoms with van der Waals surface area (Å²) in [7, 11) is 0. The van der Waals surface area contributed by atoms with Gasteiger partial charge in [-0.2, -0.15) is 4.37 Å². The van der Waals surface area contributed by atoms with Crippen molar-refractivity contribution < 1.29 is 0 Å². The van der Waals surface area contributed by atoms with Crippen LogP contribution in [0, 0.1) is 0 Å². The molecule has 0 aliphatic carbocycles. The van der Waals surface area contributed by atoms with Crippen molar-refractivity contribution in [1.29, 1.82) is 0 Å². The van der Waals surface area contributed by atoms with E-state index in [2.05, 4.69) is 26.7 Å². The fourth-order valence-electron chi connectivity index (χ4n) is 1.77. The van der Waals surface area contributed by atoms with Gasteiger partial charge in [0.2, 0.25) is 5.13 Å². The number of nitrogens with one attached hydrogen (secondary N) is 1. The smallest absolute Gasteiger partial charge is 0.217 e. The Morgan fingerprint density at radius 2 is 2.13 bits per heavy atom. The van der Waals surface area contributed by atoms with Gasteiger partial charge >= 0.3 is 0 Å². The van der Waals surface area contributed by atoms with E-state index < -0.39 is 0 Å². The second-order valence-electron chi connectivity index (χ2n) is 3.93. The Balaban J connectivity index is 1.86. The predicted molar refractivity (Wildman–Crippen MR) is 63.0 cm³/mol. The summed E-state index contributed by atoms with van der Waals surface area (Å²) in [5, 5.41) is 3.19. The fraction of sp³-hybridized carbons (Fsp3) is 0.800. The van der Waals surface area contributed by atoms with Crippen LogP contribution in [0.5, 0.6) is 0 Å². The molecule has 0 saturated carbocycles. The second kappa shape index (κ2) is 5.42. The molecule has 1 aliphatic rings. The molecule has 0 spiro atoms. The van der Waals surface area contributed by atoms with Crippen LogP contribution in [0.15, 0.2) is 0 Å². The highest BCUT2D eigenvalue weighted by molar-refractivity contribution is 7.09. The molecule has 1 aliphatic heterocycles. The Hall–Kier alpha value is -0.680. The normalized spacial score (nSPS) is 17.9. The van der Waals surface area contributed by atoms with E-state index in [4.69, 9.17) is 0 Å². The molecule has 0 bridgehead atoms. The number of aryl methyl sites for hydroxylation is 1. The number of hydrogen-bond acceptors (Lipinski definition) is 5. The summed E-state index contributed by atoms with van der Waals surface area (Å²) in [5.41, 5.74) is 3.34. The fourth-order valence-corrected chi connectivity index (χ4v) is 2.41. The number of aromatic nitrogens is 2. The molecular formula is C10H18N4S. The third-order valence-electron chi connectivity index (χ3n) is 2.55. The van der Waals surface area contributed by atoms with E-state index in [0.29, 0.717) is 0 Å². The molecule has 1 fully saturated rings. The highest BCUT2D eigenvalue weighted by Crippen LogP contribution is 2.15. The standard InChI is InChI=1S/C10H18N4S/c1-2-6-9-11-10(15-13-9)12-14-7-4-3-5-8-14/h2-8H2,1H3,(H,11,12,13). The summed E-state index contributed by atoms with van der Waals surface area (Å²) in [6, 6.07) is 0. The Labute approximate surface area is 94.8 Å². The second-order valence-corrected chi connectivity index (χ2v) is 4.68. The summed E-state index contributed by atoms with van der Waals surface area (Å²) in [4.78, 5) is 4.45. The number of rotatable bonds is 4. The molecule has 2 heterocycles. The lowest BCUT2D eigenvalue weighted by Crippen LogP contribution is -2.34. The molecule has 2 rings (SSSR count). The summed E-state index contributed by atoms with van der Waals surface area (Å²) in [6.07, 6.45) is 6.02. The van der Waals surface area contributed by atoms with Gasteiger partial charge in [0.1, 0.15) is 5.82 Å². The van der Waals surface area contributed by atoms with Crippen LogP contribution in [0.4, 0.5) is 5.13 Å². The monoisotopic (exact) mass is 226 g/mol. The molecule has 0 unspecified atom stereocenters. The molecule has 0 aromatic carbocycles. The van der Waals surface area contributed by atoms with Gasteiger partial charge in [0.15, 0.2) is 0 Å². The van der Waals surface area contributed by atoms with Crippen LogP contribution in [0.3, 0.4) is 0 Å². The van der Waals surface area contributed by atoms with E-state index in [0.717, 1.165) is 36.9 Å². The lowest BCUT2D eigenvalue weighted by atomic mass is 10.2. The molecule has 1 aromatic heterocycles. The molecule has 1 N–H and O–H groups in total. The predicted octanol–water partition coefficient (Wildman–Crippen LogP) is 2.30. The van der Waals surface area contributed by atoms with E-state index in [9.17, 15) is 0 Å². The number of hydrogen-bond donors (Lipinski definition) is 1. The Bertz CT molecular complexity index is 293. The molecule has 0 amide bonds. The minimum Gasteiger partial charge on any atom is -0.293 e. The average molecular weight is 226 g/mol. The van der Waals surface area contributed by atoms with Gasteiger partial charge in [-0.25, -0.2) is 9.99 Å². The van der Waals surface area contributed by atoms with Crippen molar-refractivity contribution in [2.45, 2.75) is 39.0 Å². The van der Waals surface area contributed by atoms with Crippen LogP contribution in [-0.2, 0) is 6.42 Å². The van der Waals surface area contributed by atoms with Crippen LogP contribution < -0.4 is 5.43 Å². The third-order valence-corrected chi connectivity index (χ3v) is 3.21. The zero-order valence-corrected chi connectivity index (χ0v) is 10.0. The lowest BCUT2D eigenvalue weighted by molar-refractivity contribution is 0.273. The maximum Gasteiger partial charge on any atom is 0.217 e. The van der Waals surface area contributed by atoms with E-state index in [1.807, 2.05) is 0 Å². The molecular weight excluding hydrogens is 208 g/mol. The first-order chi connectivity index (χ1) is 7.38. The molecule has 15 heavy (non-hydrogen) atoms. The van der Waals surface area contributed by atoms with Crippen molar-refractivity contribution in [3.05, 3.63) is 5.82 Å². The number of nitrogens with zero attached hydrogens (tertiary/aromatic N) is 3. The van der Waals surface area contributed by atoms with Crippen molar-refractivity contribution in [2.24, 2.45) is 0 Å². The first-order valence-corrected chi connectivity index (χ1v) is 6.50. The molecule has 1 aromatic rings. The summed E-state index contributed by atoms with van der Waals surface area (Å²) >= 11 is 1.47. The minimum absolute atomic E-state index is 0.945. The maximum atomic E-state index is 4.45. The lowest BCUT2D eigenvalue weighted by Gasteiger charge is -2.26. The summed E-state index contributed by atoms with van der Waals surface area (Å²) in [5.74, 6) is 0.974. The van der Waals surface area contributed by atoms with E-state index in [1.165, 1.54) is 30.8 Å². The van der Waals surface area contributed by atoms with Gasteiger partial charge < -0.3 is 0 Å².